The van der Waals surface area contributed by atoms with Crippen molar-refractivity contribution >= 4 is 65.6 Å². The standard InChI is InChI=1S/C55H36N2S/c1-5-19-37(20-6-1)56(38-21-7-2-8-22-38)41-33-50-54(51(34-41)57(39-23-9-3-10-24-39)40-25-11-4-12-26-40)46-36-53-45(44-29-15-18-32-52(44)58-53)35-49(46)55(50)47-30-16-13-27-42(47)43-28-14-17-31-48(43)55/h1-36H. The van der Waals surface area contributed by atoms with Crippen LogP contribution < -0.4 is 9.80 Å². The summed E-state index contributed by atoms with van der Waals surface area (Å²) >= 11 is 1.89. The Morgan fingerprint density at radius 1 is 0.310 bits per heavy atom. The molecule has 1 aromatic heterocycles. The van der Waals surface area contributed by atoms with Crippen molar-refractivity contribution in [3.8, 4) is 22.3 Å². The Morgan fingerprint density at radius 2 is 0.793 bits per heavy atom. The van der Waals surface area contributed by atoms with Gasteiger partial charge in [0.1, 0.15) is 0 Å². The summed E-state index contributed by atoms with van der Waals surface area (Å²) in [5.41, 5.74) is 16.5. The predicted octanol–water partition coefficient (Wildman–Crippen LogP) is 15.3. The van der Waals surface area contributed by atoms with Gasteiger partial charge in [-0.2, -0.15) is 0 Å². The van der Waals surface area contributed by atoms with Crippen LogP contribution in [0.5, 0.6) is 0 Å². The van der Waals surface area contributed by atoms with Gasteiger partial charge in [-0.15, -0.1) is 11.3 Å². The molecule has 0 fully saturated rings. The second kappa shape index (κ2) is 12.9. The minimum absolute atomic E-state index is 0.571. The molecule has 12 rings (SSSR count). The molecule has 10 aromatic rings. The van der Waals surface area contributed by atoms with Gasteiger partial charge in [0.15, 0.2) is 0 Å². The first-order valence-electron chi connectivity index (χ1n) is 19.9. The number of benzene rings is 9. The third-order valence-electron chi connectivity index (χ3n) is 12.2. The number of fused-ring (bicyclic) bond motifs is 13. The molecule has 2 aliphatic carbocycles. The first-order valence-corrected chi connectivity index (χ1v) is 20.8. The third-order valence-corrected chi connectivity index (χ3v) is 13.3. The lowest BCUT2D eigenvalue weighted by Gasteiger charge is -2.34. The Hall–Kier alpha value is -7.20. The number of para-hydroxylation sites is 4. The van der Waals surface area contributed by atoms with Crippen molar-refractivity contribution in [3.05, 3.63) is 241 Å². The fraction of sp³-hybridized carbons (Fsp3) is 0.0182. The number of rotatable bonds is 6. The van der Waals surface area contributed by atoms with Crippen LogP contribution in [0.15, 0.2) is 218 Å². The minimum Gasteiger partial charge on any atom is -0.310 e. The van der Waals surface area contributed by atoms with Crippen molar-refractivity contribution in [2.45, 2.75) is 5.41 Å². The Bertz CT molecular complexity index is 3050. The van der Waals surface area contributed by atoms with E-state index in [1.54, 1.807) is 0 Å². The molecule has 272 valence electrons. The largest absolute Gasteiger partial charge is 0.310 e. The highest BCUT2D eigenvalue weighted by atomic mass is 32.1. The molecule has 2 aliphatic rings. The molecule has 0 unspecified atom stereocenters. The van der Waals surface area contributed by atoms with E-state index in [1.807, 2.05) is 11.3 Å². The Balaban J connectivity index is 1.29. The summed E-state index contributed by atoms with van der Waals surface area (Å²) in [6.07, 6.45) is 0. The molecule has 9 aromatic carbocycles. The number of anilines is 6. The molecule has 2 nitrogen and oxygen atoms in total. The molecular formula is C55H36N2S. The maximum absolute atomic E-state index is 2.55. The monoisotopic (exact) mass is 756 g/mol. The van der Waals surface area contributed by atoms with Gasteiger partial charge < -0.3 is 9.80 Å². The van der Waals surface area contributed by atoms with Crippen molar-refractivity contribution in [3.63, 3.8) is 0 Å². The van der Waals surface area contributed by atoms with Crippen LogP contribution >= 0.6 is 11.3 Å². The van der Waals surface area contributed by atoms with Gasteiger partial charge in [0.25, 0.3) is 0 Å². The summed E-state index contributed by atoms with van der Waals surface area (Å²) in [5, 5.41) is 2.62. The molecule has 0 aliphatic heterocycles. The number of nitrogens with zero attached hydrogens (tertiary/aromatic N) is 2. The highest BCUT2D eigenvalue weighted by Crippen LogP contribution is 2.66. The number of thiophene rings is 1. The van der Waals surface area contributed by atoms with Crippen molar-refractivity contribution in [1.29, 1.82) is 0 Å². The number of hydrogen-bond donors (Lipinski definition) is 0. The fourth-order valence-corrected chi connectivity index (χ4v) is 11.1. The van der Waals surface area contributed by atoms with Gasteiger partial charge >= 0.3 is 0 Å². The van der Waals surface area contributed by atoms with E-state index in [0.717, 1.165) is 34.1 Å². The zero-order valence-corrected chi connectivity index (χ0v) is 32.4. The Morgan fingerprint density at radius 3 is 1.36 bits per heavy atom. The van der Waals surface area contributed by atoms with Gasteiger partial charge in [-0.05, 0) is 118 Å². The number of hydrogen-bond acceptors (Lipinski definition) is 3. The van der Waals surface area contributed by atoms with Crippen LogP contribution in [0, 0.1) is 0 Å². The normalized spacial score (nSPS) is 13.0. The van der Waals surface area contributed by atoms with Gasteiger partial charge in [-0.1, -0.05) is 140 Å². The molecule has 0 atom stereocenters. The molecule has 0 N–H and O–H groups in total. The van der Waals surface area contributed by atoms with E-state index >= 15 is 0 Å². The zero-order chi connectivity index (χ0) is 38.2. The summed E-state index contributed by atoms with van der Waals surface area (Å²) in [7, 11) is 0. The van der Waals surface area contributed by atoms with Gasteiger partial charge in [0.05, 0.1) is 11.1 Å². The summed E-state index contributed by atoms with van der Waals surface area (Å²) in [6.45, 7) is 0. The molecule has 0 saturated heterocycles. The van der Waals surface area contributed by atoms with Gasteiger partial charge in [0, 0.05) is 54.2 Å². The quantitative estimate of drug-likeness (QED) is 0.167. The highest BCUT2D eigenvalue weighted by Gasteiger charge is 2.53. The molecule has 0 bridgehead atoms. The first kappa shape index (κ1) is 33.0. The second-order valence-corrected chi connectivity index (χ2v) is 16.3. The van der Waals surface area contributed by atoms with Crippen molar-refractivity contribution in [2.24, 2.45) is 0 Å². The van der Waals surface area contributed by atoms with E-state index in [4.69, 9.17) is 0 Å². The molecule has 0 radical (unpaired) electrons. The van der Waals surface area contributed by atoms with Crippen molar-refractivity contribution < 1.29 is 0 Å². The van der Waals surface area contributed by atoms with Crippen LogP contribution in [-0.2, 0) is 5.41 Å². The van der Waals surface area contributed by atoms with E-state index in [9.17, 15) is 0 Å². The van der Waals surface area contributed by atoms with Gasteiger partial charge in [0.2, 0.25) is 0 Å². The molecule has 1 heterocycles. The maximum Gasteiger partial charge on any atom is 0.0727 e. The van der Waals surface area contributed by atoms with Crippen LogP contribution in [0.2, 0.25) is 0 Å². The van der Waals surface area contributed by atoms with Crippen LogP contribution in [0.3, 0.4) is 0 Å². The van der Waals surface area contributed by atoms with Crippen molar-refractivity contribution in [2.75, 3.05) is 9.80 Å². The van der Waals surface area contributed by atoms with E-state index in [-0.39, 0.29) is 0 Å². The molecule has 0 amide bonds. The van der Waals surface area contributed by atoms with E-state index in [1.165, 1.54) is 64.7 Å². The lowest BCUT2D eigenvalue weighted by Crippen LogP contribution is -2.26. The SMILES string of the molecule is c1ccc(N(c2ccccc2)c2cc(N(c3ccccc3)c3ccccc3)c3c(c2)C2(c4ccccc4-c4ccccc42)c2cc4c(cc2-3)sc2ccccc24)cc1. The Labute approximate surface area is 342 Å². The smallest absolute Gasteiger partial charge is 0.0727 e. The highest BCUT2D eigenvalue weighted by molar-refractivity contribution is 7.25. The molecule has 0 saturated carbocycles. The average Bonchev–Trinajstić information content (AvgIpc) is 3.91. The van der Waals surface area contributed by atoms with Gasteiger partial charge in [-0.25, -0.2) is 0 Å². The Kier molecular flexibility index (Phi) is 7.35. The van der Waals surface area contributed by atoms with Gasteiger partial charge in [-0.3, -0.25) is 0 Å². The van der Waals surface area contributed by atoms with Crippen molar-refractivity contribution in [1.82, 2.24) is 0 Å². The molecular weight excluding hydrogens is 721 g/mol. The first-order chi connectivity index (χ1) is 28.8. The maximum atomic E-state index is 2.55. The predicted molar refractivity (Wildman–Crippen MR) is 245 cm³/mol. The summed E-state index contributed by atoms with van der Waals surface area (Å²) in [4.78, 5) is 4.90. The second-order valence-electron chi connectivity index (χ2n) is 15.2. The van der Waals surface area contributed by atoms with E-state index in [0.29, 0.717) is 0 Å². The molecule has 3 heteroatoms. The lowest BCUT2D eigenvalue weighted by atomic mass is 9.70. The van der Waals surface area contributed by atoms with Crippen LogP contribution in [0.1, 0.15) is 22.3 Å². The summed E-state index contributed by atoms with van der Waals surface area (Å²) in [5.74, 6) is 0. The zero-order valence-electron chi connectivity index (χ0n) is 31.6. The average molecular weight is 757 g/mol. The topological polar surface area (TPSA) is 6.48 Å². The fourth-order valence-electron chi connectivity index (χ4n) is 9.93. The van der Waals surface area contributed by atoms with E-state index < -0.39 is 5.41 Å². The third kappa shape index (κ3) is 4.71. The lowest BCUT2D eigenvalue weighted by molar-refractivity contribution is 0.795. The summed E-state index contributed by atoms with van der Waals surface area (Å²) < 4.78 is 2.62. The van der Waals surface area contributed by atoms with Crippen LogP contribution in [-0.4, -0.2) is 0 Å². The van der Waals surface area contributed by atoms with E-state index in [2.05, 4.69) is 228 Å². The molecule has 58 heavy (non-hydrogen) atoms. The van der Waals surface area contributed by atoms with Crippen LogP contribution in [0.25, 0.3) is 42.4 Å². The van der Waals surface area contributed by atoms with Crippen LogP contribution in [0.4, 0.5) is 34.1 Å². The molecule has 1 spiro atoms. The summed E-state index contributed by atoms with van der Waals surface area (Å²) in [6, 6.07) is 80.5. The minimum atomic E-state index is -0.571.